The number of anilines is 1. The fourth-order valence-corrected chi connectivity index (χ4v) is 9.35. The van der Waals surface area contributed by atoms with E-state index in [4.69, 9.17) is 19.2 Å². The van der Waals surface area contributed by atoms with E-state index in [9.17, 15) is 15.5 Å². The van der Waals surface area contributed by atoms with Gasteiger partial charge in [-0.2, -0.15) is 15.2 Å². The van der Waals surface area contributed by atoms with Crippen molar-refractivity contribution in [2.45, 2.75) is 76.5 Å². The second-order valence-electron chi connectivity index (χ2n) is 15.8. The van der Waals surface area contributed by atoms with Gasteiger partial charge in [-0.15, -0.1) is 0 Å². The standard InChI is InChI=1S/C39H44F2N6O5/c1-37(19-42)17-24(18-37)47-12-6-11-39(10-5-9-28(39)47)22-52-36-44-33-30(34(45-36)46-13-14-51-21-38(2,49)20-46)35(50-3)43-32(31(33)41)26-16-25(48)15-23-7-4-8-27(40)29(23)26/h4,7-8,15-16,24,28,48-49H,5-6,9-14,17-18,20-22H2,1-3H3. The zero-order valence-corrected chi connectivity index (χ0v) is 29.8. The quantitative estimate of drug-likeness (QED) is 0.229. The molecule has 13 heteroatoms. The van der Waals surface area contributed by atoms with Crippen molar-refractivity contribution in [2.75, 3.05) is 51.5 Å². The Bertz CT molecular complexity index is 2080. The van der Waals surface area contributed by atoms with Crippen LogP contribution in [0.3, 0.4) is 0 Å². The van der Waals surface area contributed by atoms with E-state index in [1.54, 1.807) is 17.9 Å². The Morgan fingerprint density at radius 2 is 1.88 bits per heavy atom. The van der Waals surface area contributed by atoms with Crippen molar-refractivity contribution in [3.8, 4) is 35.0 Å². The van der Waals surface area contributed by atoms with E-state index < -0.39 is 17.2 Å². The van der Waals surface area contributed by atoms with Gasteiger partial charge in [-0.3, -0.25) is 4.90 Å². The molecule has 2 saturated carbocycles. The smallest absolute Gasteiger partial charge is 0.319 e. The lowest BCUT2D eigenvalue weighted by molar-refractivity contribution is -0.0629. The van der Waals surface area contributed by atoms with Crippen LogP contribution in [-0.2, 0) is 4.74 Å². The number of β-amino-alcohol motifs (C(OH)–C–C–N with tert-alkyl or cyclic N) is 1. The molecule has 3 unspecified atom stereocenters. The van der Waals surface area contributed by atoms with Crippen LogP contribution in [0.15, 0.2) is 30.3 Å². The molecule has 3 atom stereocenters. The minimum atomic E-state index is -1.24. The summed E-state index contributed by atoms with van der Waals surface area (Å²) in [4.78, 5) is 18.5. The van der Waals surface area contributed by atoms with E-state index >= 15 is 8.78 Å². The molecule has 2 aromatic carbocycles. The van der Waals surface area contributed by atoms with Crippen LogP contribution in [0.25, 0.3) is 32.9 Å². The summed E-state index contributed by atoms with van der Waals surface area (Å²) in [6, 6.07) is 10.2. The average Bonchev–Trinajstić information content (AvgIpc) is 3.46. The Kier molecular flexibility index (Phi) is 8.63. The van der Waals surface area contributed by atoms with Crippen molar-refractivity contribution in [1.29, 1.82) is 5.26 Å². The first-order valence-electron chi connectivity index (χ1n) is 18.1. The van der Waals surface area contributed by atoms with Crippen molar-refractivity contribution in [3.63, 3.8) is 0 Å². The van der Waals surface area contributed by atoms with Gasteiger partial charge in [-0.25, -0.2) is 13.8 Å². The van der Waals surface area contributed by atoms with Gasteiger partial charge in [0.05, 0.1) is 45.0 Å². The fourth-order valence-electron chi connectivity index (χ4n) is 9.35. The highest BCUT2D eigenvalue weighted by Crippen LogP contribution is 2.53. The predicted molar refractivity (Wildman–Crippen MR) is 190 cm³/mol. The van der Waals surface area contributed by atoms with Crippen LogP contribution in [0.4, 0.5) is 14.6 Å². The number of likely N-dealkylation sites (tertiary alicyclic amines) is 1. The number of benzene rings is 2. The van der Waals surface area contributed by atoms with Gasteiger partial charge >= 0.3 is 6.01 Å². The normalized spacial score (nSPS) is 29.4. The molecule has 4 aromatic rings. The van der Waals surface area contributed by atoms with E-state index in [0.717, 1.165) is 51.5 Å². The number of hydrogen-bond acceptors (Lipinski definition) is 11. The monoisotopic (exact) mass is 714 g/mol. The summed E-state index contributed by atoms with van der Waals surface area (Å²) in [5.74, 6) is -1.38. The second kappa shape index (κ2) is 12.9. The van der Waals surface area contributed by atoms with Crippen LogP contribution in [0, 0.1) is 33.8 Å². The largest absolute Gasteiger partial charge is 0.508 e. The molecule has 2 saturated heterocycles. The number of pyridine rings is 1. The van der Waals surface area contributed by atoms with Crippen LogP contribution in [0.2, 0.25) is 0 Å². The lowest BCUT2D eigenvalue weighted by Gasteiger charge is -2.54. The third-order valence-electron chi connectivity index (χ3n) is 11.8. The van der Waals surface area contributed by atoms with Gasteiger partial charge in [0.15, 0.2) is 5.82 Å². The van der Waals surface area contributed by atoms with Crippen molar-refractivity contribution in [1.82, 2.24) is 19.9 Å². The van der Waals surface area contributed by atoms with Crippen LogP contribution in [0.1, 0.15) is 58.8 Å². The van der Waals surface area contributed by atoms with E-state index in [2.05, 4.69) is 20.9 Å². The Morgan fingerprint density at radius 3 is 2.67 bits per heavy atom. The molecule has 0 amide bonds. The molecule has 52 heavy (non-hydrogen) atoms. The van der Waals surface area contributed by atoms with Crippen molar-refractivity contribution in [3.05, 3.63) is 42.0 Å². The van der Waals surface area contributed by atoms with Gasteiger partial charge in [0.1, 0.15) is 39.6 Å². The summed E-state index contributed by atoms with van der Waals surface area (Å²) in [7, 11) is 1.40. The van der Waals surface area contributed by atoms with Gasteiger partial charge in [-0.05, 0) is 82.5 Å². The number of ether oxygens (including phenoxy) is 3. The third kappa shape index (κ3) is 5.94. The summed E-state index contributed by atoms with van der Waals surface area (Å²) in [6.07, 6.45) is 6.83. The molecule has 2 N–H and O–H groups in total. The molecular weight excluding hydrogens is 670 g/mol. The van der Waals surface area contributed by atoms with Gasteiger partial charge in [-0.1, -0.05) is 18.6 Å². The van der Waals surface area contributed by atoms with E-state index in [-0.39, 0.29) is 81.6 Å². The first-order chi connectivity index (χ1) is 24.9. The van der Waals surface area contributed by atoms with Crippen LogP contribution in [-0.4, -0.2) is 94.3 Å². The fraction of sp³-hybridized carbons (Fsp3) is 0.538. The SMILES string of the molecule is COc1nc(-c2cc(O)cc3cccc(F)c23)c(F)c2nc(OCC34CCCC3N(C3CC(C)(C#N)C3)CCC4)nc(N3CCOCC(C)(O)C3)c12. The van der Waals surface area contributed by atoms with E-state index in [1.165, 1.54) is 31.4 Å². The number of nitrogens with zero attached hydrogens (tertiary/aromatic N) is 6. The highest BCUT2D eigenvalue weighted by atomic mass is 19.1. The molecule has 274 valence electrons. The molecule has 11 nitrogen and oxygen atoms in total. The molecule has 2 aliphatic carbocycles. The molecule has 8 rings (SSSR count). The van der Waals surface area contributed by atoms with Crippen LogP contribution in [0.5, 0.6) is 17.6 Å². The number of rotatable bonds is 7. The zero-order chi connectivity index (χ0) is 36.4. The molecular formula is C39H44F2N6O5. The Balaban J connectivity index is 1.23. The second-order valence-corrected chi connectivity index (χ2v) is 15.8. The number of aliphatic hydroxyl groups is 1. The maximum atomic E-state index is 17.1. The summed E-state index contributed by atoms with van der Waals surface area (Å²) in [6.45, 7) is 5.88. The number of phenols is 1. The Morgan fingerprint density at radius 1 is 1.08 bits per heavy atom. The molecule has 0 radical (unpaired) electrons. The maximum Gasteiger partial charge on any atom is 0.319 e. The third-order valence-corrected chi connectivity index (χ3v) is 11.8. The van der Waals surface area contributed by atoms with Gasteiger partial charge in [0, 0.05) is 35.0 Å². The molecule has 0 bridgehead atoms. The lowest BCUT2D eigenvalue weighted by Crippen LogP contribution is -2.60. The van der Waals surface area contributed by atoms with Gasteiger partial charge < -0.3 is 29.3 Å². The summed E-state index contributed by atoms with van der Waals surface area (Å²) < 4.78 is 50.5. The van der Waals surface area contributed by atoms with Gasteiger partial charge in [0.25, 0.3) is 0 Å². The van der Waals surface area contributed by atoms with Crippen molar-refractivity contribution in [2.24, 2.45) is 10.8 Å². The number of hydrogen-bond donors (Lipinski definition) is 2. The van der Waals surface area contributed by atoms with E-state index in [0.29, 0.717) is 30.6 Å². The molecule has 4 fully saturated rings. The number of piperidine rings is 1. The zero-order valence-electron chi connectivity index (χ0n) is 29.8. The number of nitriles is 1. The lowest BCUT2D eigenvalue weighted by atomic mass is 9.65. The predicted octanol–water partition coefficient (Wildman–Crippen LogP) is 6.13. The number of methoxy groups -OCH3 is 1. The van der Waals surface area contributed by atoms with Crippen molar-refractivity contribution < 1.29 is 33.2 Å². The first-order valence-corrected chi connectivity index (χ1v) is 18.1. The molecule has 0 spiro atoms. The Labute approximate surface area is 301 Å². The minimum absolute atomic E-state index is 0.00664. The van der Waals surface area contributed by atoms with Crippen LogP contribution < -0.4 is 14.4 Å². The molecule has 4 aliphatic rings. The maximum absolute atomic E-state index is 17.1. The number of aromatic nitrogens is 3. The van der Waals surface area contributed by atoms with E-state index in [1.807, 2.05) is 6.92 Å². The molecule has 4 heterocycles. The van der Waals surface area contributed by atoms with Gasteiger partial charge in [0.2, 0.25) is 5.88 Å². The average molecular weight is 715 g/mol. The Hall–Kier alpha value is -4.38. The summed E-state index contributed by atoms with van der Waals surface area (Å²) in [5, 5.41) is 32.0. The molecule has 2 aromatic heterocycles. The summed E-state index contributed by atoms with van der Waals surface area (Å²) >= 11 is 0. The van der Waals surface area contributed by atoms with Crippen LogP contribution >= 0.6 is 0 Å². The number of fused-ring (bicyclic) bond motifs is 3. The van der Waals surface area contributed by atoms with Crippen molar-refractivity contribution >= 4 is 27.5 Å². The topological polar surface area (TPSA) is 137 Å². The summed E-state index contributed by atoms with van der Waals surface area (Å²) in [5.41, 5.74) is -2.01. The molecule has 2 aliphatic heterocycles. The first kappa shape index (κ1) is 34.7. The highest BCUT2D eigenvalue weighted by Gasteiger charge is 2.54. The minimum Gasteiger partial charge on any atom is -0.508 e. The number of phenolic OH excluding ortho intramolecular Hbond substituents is 1. The highest BCUT2D eigenvalue weighted by molar-refractivity contribution is 6.02. The number of halogens is 2. The number of aromatic hydroxyl groups is 1.